The molecule has 1 heterocycles. The third kappa shape index (κ3) is 2.65. The van der Waals surface area contributed by atoms with Crippen LogP contribution in [0.3, 0.4) is 0 Å². The quantitative estimate of drug-likeness (QED) is 0.558. The molecule has 13 heavy (non-hydrogen) atoms. The van der Waals surface area contributed by atoms with Crippen LogP contribution in [-0.2, 0) is 9.53 Å². The van der Waals surface area contributed by atoms with Gasteiger partial charge in [0.05, 0.1) is 0 Å². The molecule has 3 N–H and O–H groups in total. The van der Waals surface area contributed by atoms with E-state index in [-0.39, 0.29) is 12.5 Å². The number of ether oxygens (including phenoxy) is 1. The van der Waals surface area contributed by atoms with Gasteiger partial charge in [-0.15, -0.1) is 0 Å². The van der Waals surface area contributed by atoms with E-state index < -0.39 is 6.10 Å². The van der Waals surface area contributed by atoms with E-state index in [0.717, 1.165) is 26.2 Å². The second-order valence-electron chi connectivity index (χ2n) is 3.04. The molecule has 5 heteroatoms. The summed E-state index contributed by atoms with van der Waals surface area (Å²) in [4.78, 5) is 13.4. The van der Waals surface area contributed by atoms with Crippen LogP contribution in [0.2, 0.25) is 0 Å². The Morgan fingerprint density at radius 2 is 2.23 bits per heavy atom. The standard InChI is InChI=1S/C8H17N3O2/c1-13-7(6-9)8(12)11-4-2-10-3-5-11/h7,10H,2-6,9H2,1H3. The number of carbonyl (C=O) groups excluding carboxylic acids is 1. The fourth-order valence-corrected chi connectivity index (χ4v) is 1.39. The number of nitrogens with one attached hydrogen (secondary N) is 1. The zero-order valence-corrected chi connectivity index (χ0v) is 7.95. The monoisotopic (exact) mass is 187 g/mol. The van der Waals surface area contributed by atoms with Gasteiger partial charge in [0, 0.05) is 39.8 Å². The second-order valence-corrected chi connectivity index (χ2v) is 3.04. The fourth-order valence-electron chi connectivity index (χ4n) is 1.39. The Hall–Kier alpha value is -0.650. The Bertz CT molecular complexity index is 165. The summed E-state index contributed by atoms with van der Waals surface area (Å²) in [6, 6.07) is 0. The van der Waals surface area contributed by atoms with Crippen molar-refractivity contribution in [2.75, 3.05) is 39.8 Å². The number of nitrogens with two attached hydrogens (primary N) is 1. The molecule has 0 saturated carbocycles. The summed E-state index contributed by atoms with van der Waals surface area (Å²) in [5.41, 5.74) is 5.40. The number of nitrogens with zero attached hydrogens (tertiary/aromatic N) is 1. The maximum atomic E-state index is 11.7. The zero-order valence-electron chi connectivity index (χ0n) is 7.95. The van der Waals surface area contributed by atoms with Gasteiger partial charge in [-0.25, -0.2) is 0 Å². The van der Waals surface area contributed by atoms with Crippen molar-refractivity contribution in [3.8, 4) is 0 Å². The van der Waals surface area contributed by atoms with E-state index >= 15 is 0 Å². The highest BCUT2D eigenvalue weighted by molar-refractivity contribution is 5.81. The van der Waals surface area contributed by atoms with E-state index in [1.807, 2.05) is 0 Å². The van der Waals surface area contributed by atoms with Crippen LogP contribution in [0.25, 0.3) is 0 Å². The molecule has 1 atom stereocenters. The molecule has 0 bridgehead atoms. The van der Waals surface area contributed by atoms with Gasteiger partial charge in [0.1, 0.15) is 6.10 Å². The molecular weight excluding hydrogens is 170 g/mol. The number of amides is 1. The lowest BCUT2D eigenvalue weighted by atomic mass is 10.2. The fraction of sp³-hybridized carbons (Fsp3) is 0.875. The molecule has 0 radical (unpaired) electrons. The summed E-state index contributed by atoms with van der Waals surface area (Å²) in [5, 5.41) is 3.18. The Morgan fingerprint density at radius 3 is 2.69 bits per heavy atom. The van der Waals surface area contributed by atoms with Crippen LogP contribution in [0.4, 0.5) is 0 Å². The van der Waals surface area contributed by atoms with Crippen LogP contribution < -0.4 is 11.1 Å². The number of piperazine rings is 1. The van der Waals surface area contributed by atoms with Gasteiger partial charge in [0.2, 0.25) is 0 Å². The number of rotatable bonds is 3. The third-order valence-electron chi connectivity index (χ3n) is 2.20. The highest BCUT2D eigenvalue weighted by atomic mass is 16.5. The molecule has 0 aliphatic carbocycles. The van der Waals surface area contributed by atoms with Gasteiger partial charge < -0.3 is 20.7 Å². The Kier molecular flexibility index (Phi) is 4.14. The van der Waals surface area contributed by atoms with Crippen molar-refractivity contribution < 1.29 is 9.53 Å². The number of methoxy groups -OCH3 is 1. The summed E-state index contributed by atoms with van der Waals surface area (Å²) in [5.74, 6) is 0.00602. The maximum Gasteiger partial charge on any atom is 0.253 e. The molecule has 1 saturated heterocycles. The molecule has 5 nitrogen and oxygen atoms in total. The molecule has 1 amide bonds. The highest BCUT2D eigenvalue weighted by Crippen LogP contribution is 1.99. The van der Waals surface area contributed by atoms with Crippen LogP contribution in [0.15, 0.2) is 0 Å². The van der Waals surface area contributed by atoms with Crippen LogP contribution in [-0.4, -0.2) is 56.7 Å². The predicted octanol–water partition coefficient (Wildman–Crippen LogP) is -1.61. The molecule has 1 rings (SSSR count). The number of carbonyl (C=O) groups is 1. The normalized spacial score (nSPS) is 20.0. The minimum atomic E-state index is -0.474. The first-order chi connectivity index (χ1) is 6.29. The van der Waals surface area contributed by atoms with Gasteiger partial charge in [-0.1, -0.05) is 0 Å². The third-order valence-corrected chi connectivity index (χ3v) is 2.20. The minimum absolute atomic E-state index is 0.00602. The van der Waals surface area contributed by atoms with Crippen molar-refractivity contribution >= 4 is 5.91 Å². The average molecular weight is 187 g/mol. The van der Waals surface area contributed by atoms with Crippen molar-refractivity contribution in [3.05, 3.63) is 0 Å². The first-order valence-electron chi connectivity index (χ1n) is 4.52. The molecular formula is C8H17N3O2. The van der Waals surface area contributed by atoms with Gasteiger partial charge in [-0.3, -0.25) is 4.79 Å². The molecule has 76 valence electrons. The summed E-state index contributed by atoms with van der Waals surface area (Å²) in [7, 11) is 1.51. The predicted molar refractivity (Wildman–Crippen MR) is 49.3 cm³/mol. The largest absolute Gasteiger partial charge is 0.370 e. The number of hydrogen-bond acceptors (Lipinski definition) is 4. The lowest BCUT2D eigenvalue weighted by Crippen LogP contribution is -2.51. The first kappa shape index (κ1) is 10.4. The average Bonchev–Trinajstić information content (AvgIpc) is 2.21. The van der Waals surface area contributed by atoms with Crippen LogP contribution in [0.5, 0.6) is 0 Å². The molecule has 1 unspecified atom stereocenters. The molecule has 0 spiro atoms. The van der Waals surface area contributed by atoms with Crippen molar-refractivity contribution in [3.63, 3.8) is 0 Å². The van der Waals surface area contributed by atoms with E-state index in [9.17, 15) is 4.79 Å². The molecule has 1 aliphatic heterocycles. The molecule has 1 fully saturated rings. The van der Waals surface area contributed by atoms with Crippen LogP contribution in [0, 0.1) is 0 Å². The first-order valence-corrected chi connectivity index (χ1v) is 4.52. The van der Waals surface area contributed by atoms with Gasteiger partial charge >= 0.3 is 0 Å². The maximum absolute atomic E-state index is 11.7. The zero-order chi connectivity index (χ0) is 9.68. The smallest absolute Gasteiger partial charge is 0.253 e. The van der Waals surface area contributed by atoms with Crippen molar-refractivity contribution in [2.24, 2.45) is 5.73 Å². The van der Waals surface area contributed by atoms with Crippen molar-refractivity contribution in [2.45, 2.75) is 6.10 Å². The Labute approximate surface area is 78.2 Å². The summed E-state index contributed by atoms with van der Waals surface area (Å²) >= 11 is 0. The lowest BCUT2D eigenvalue weighted by Gasteiger charge is -2.29. The second kappa shape index (κ2) is 5.16. The summed E-state index contributed by atoms with van der Waals surface area (Å²) < 4.78 is 4.98. The molecule has 0 aromatic rings. The molecule has 0 aromatic heterocycles. The van der Waals surface area contributed by atoms with E-state index in [4.69, 9.17) is 10.5 Å². The van der Waals surface area contributed by atoms with Crippen molar-refractivity contribution in [1.29, 1.82) is 0 Å². The SMILES string of the molecule is COC(CN)C(=O)N1CCNCC1. The molecule has 1 aliphatic rings. The number of hydrogen-bond donors (Lipinski definition) is 2. The van der Waals surface area contributed by atoms with E-state index in [0.29, 0.717) is 0 Å². The van der Waals surface area contributed by atoms with Gasteiger partial charge in [-0.05, 0) is 0 Å². The van der Waals surface area contributed by atoms with E-state index in [1.165, 1.54) is 7.11 Å². The van der Waals surface area contributed by atoms with Gasteiger partial charge in [0.15, 0.2) is 0 Å². The van der Waals surface area contributed by atoms with Gasteiger partial charge in [-0.2, -0.15) is 0 Å². The summed E-state index contributed by atoms with van der Waals surface area (Å²) in [6.45, 7) is 3.45. The van der Waals surface area contributed by atoms with Crippen LogP contribution in [0.1, 0.15) is 0 Å². The van der Waals surface area contributed by atoms with Crippen molar-refractivity contribution in [1.82, 2.24) is 10.2 Å². The van der Waals surface area contributed by atoms with Crippen LogP contribution >= 0.6 is 0 Å². The topological polar surface area (TPSA) is 67.6 Å². The van der Waals surface area contributed by atoms with Gasteiger partial charge in [0.25, 0.3) is 5.91 Å². The molecule has 0 aromatic carbocycles. The Balaban J connectivity index is 2.44. The lowest BCUT2D eigenvalue weighted by molar-refractivity contribution is -0.141. The van der Waals surface area contributed by atoms with E-state index in [1.54, 1.807) is 4.90 Å². The van der Waals surface area contributed by atoms with E-state index in [2.05, 4.69) is 5.32 Å². The highest BCUT2D eigenvalue weighted by Gasteiger charge is 2.23. The Morgan fingerprint density at radius 1 is 1.62 bits per heavy atom. The minimum Gasteiger partial charge on any atom is -0.370 e. The summed E-state index contributed by atoms with van der Waals surface area (Å²) in [6.07, 6.45) is -0.474.